The van der Waals surface area contributed by atoms with Crippen molar-refractivity contribution < 1.29 is 32.6 Å². The van der Waals surface area contributed by atoms with E-state index in [4.69, 9.17) is 4.74 Å². The molecule has 3 fully saturated rings. The van der Waals surface area contributed by atoms with Crippen LogP contribution in [-0.2, 0) is 14.3 Å². The molecule has 0 aromatic carbocycles. The third-order valence-corrected chi connectivity index (χ3v) is 5.88. The Balaban J connectivity index is 1.44. The number of rotatable bonds is 5. The van der Waals surface area contributed by atoms with Crippen molar-refractivity contribution in [3.63, 3.8) is 0 Å². The highest BCUT2D eigenvalue weighted by Gasteiger charge is 2.58. The van der Waals surface area contributed by atoms with Crippen LogP contribution in [0.15, 0.2) is 0 Å². The van der Waals surface area contributed by atoms with Crippen LogP contribution < -0.4 is 5.32 Å². The fourth-order valence-corrected chi connectivity index (χ4v) is 4.05. The Hall–Kier alpha value is -1.35. The maximum absolute atomic E-state index is 12.6. The first-order valence-corrected chi connectivity index (χ1v) is 9.12. The normalized spacial score (nSPS) is 35.8. The van der Waals surface area contributed by atoms with Gasteiger partial charge in [-0.1, -0.05) is 13.8 Å². The van der Waals surface area contributed by atoms with Gasteiger partial charge >= 0.3 is 6.18 Å². The molecule has 1 aliphatic carbocycles. The van der Waals surface area contributed by atoms with Crippen LogP contribution >= 0.6 is 0 Å². The summed E-state index contributed by atoms with van der Waals surface area (Å²) in [5, 5.41) is 12.6. The second-order valence-electron chi connectivity index (χ2n) is 7.60. The van der Waals surface area contributed by atoms with Crippen molar-refractivity contribution in [2.75, 3.05) is 13.1 Å². The zero-order chi connectivity index (χ0) is 19.2. The number of aliphatic hydroxyl groups is 1. The fourth-order valence-electron chi connectivity index (χ4n) is 4.05. The summed E-state index contributed by atoms with van der Waals surface area (Å²) in [5.74, 6) is -0.785. The Morgan fingerprint density at radius 2 is 1.88 bits per heavy atom. The van der Waals surface area contributed by atoms with Gasteiger partial charge in [-0.3, -0.25) is 9.59 Å². The summed E-state index contributed by atoms with van der Waals surface area (Å²) in [6.45, 7) is 4.53. The largest absolute Gasteiger partial charge is 0.414 e. The molecule has 3 rings (SSSR count). The predicted octanol–water partition coefficient (Wildman–Crippen LogP) is 1.08. The van der Waals surface area contributed by atoms with Crippen LogP contribution in [0.5, 0.6) is 0 Å². The maximum atomic E-state index is 12.6. The van der Waals surface area contributed by atoms with E-state index in [9.17, 15) is 27.9 Å². The molecule has 3 aliphatic rings. The monoisotopic (exact) mass is 378 g/mol. The number of fused-ring (bicyclic) bond motifs is 1. The lowest BCUT2D eigenvalue weighted by Gasteiger charge is -2.26. The summed E-state index contributed by atoms with van der Waals surface area (Å²) in [5.41, 5.74) is 0. The van der Waals surface area contributed by atoms with Gasteiger partial charge in [-0.15, -0.1) is 0 Å². The number of amides is 2. The Labute approximate surface area is 150 Å². The summed E-state index contributed by atoms with van der Waals surface area (Å²) in [6.07, 6.45) is -7.65. The number of carbonyl (C=O) groups excluding carboxylic acids is 2. The van der Waals surface area contributed by atoms with Crippen molar-refractivity contribution in [1.82, 2.24) is 10.2 Å². The summed E-state index contributed by atoms with van der Waals surface area (Å²) in [6, 6.07) is -0.105. The van der Waals surface area contributed by atoms with Crippen LogP contribution in [0.4, 0.5) is 13.2 Å². The minimum absolute atomic E-state index is 0.0646. The number of alkyl halides is 3. The Kier molecular flexibility index (Phi) is 5.22. The van der Waals surface area contributed by atoms with E-state index >= 15 is 0 Å². The molecule has 0 radical (unpaired) electrons. The van der Waals surface area contributed by atoms with Crippen molar-refractivity contribution in [3.8, 4) is 0 Å². The lowest BCUT2D eigenvalue weighted by molar-refractivity contribution is -0.214. The van der Waals surface area contributed by atoms with Gasteiger partial charge in [0.1, 0.15) is 6.10 Å². The molecule has 7 atom stereocenters. The van der Waals surface area contributed by atoms with Crippen molar-refractivity contribution in [2.45, 2.75) is 63.6 Å². The number of nitrogens with zero attached hydrogens (tertiary/aromatic N) is 1. The zero-order valence-electron chi connectivity index (χ0n) is 14.8. The third-order valence-electron chi connectivity index (χ3n) is 5.88. The number of hydrogen-bond acceptors (Lipinski definition) is 4. The molecule has 1 saturated carbocycles. The van der Waals surface area contributed by atoms with E-state index in [1.54, 1.807) is 11.8 Å². The molecular formula is C17H25F3N2O4. The maximum Gasteiger partial charge on any atom is 0.414 e. The van der Waals surface area contributed by atoms with Crippen molar-refractivity contribution in [1.29, 1.82) is 0 Å². The third kappa shape index (κ3) is 3.69. The van der Waals surface area contributed by atoms with E-state index in [1.807, 2.05) is 6.92 Å². The smallest absolute Gasteiger partial charge is 0.392 e. The lowest BCUT2D eigenvalue weighted by atomic mass is 10.0. The highest BCUT2D eigenvalue weighted by atomic mass is 19.4. The molecule has 2 N–H and O–H groups in total. The number of carbonyl (C=O) groups is 2. The standard InChI is InChI=1S/C17H25F3N2O4/c1-3-11(23)8(2)16(25)22-6-9-10(7-22)14(9)21-15(24)12-4-5-13(26-12)17(18,19)20/h8-14,23H,3-7H2,1-2H3,(H,21,24)/t8-,9-,10+,11+,12+,13-,14?/m1/s1. The van der Waals surface area contributed by atoms with Crippen molar-refractivity contribution >= 4 is 11.8 Å². The highest BCUT2D eigenvalue weighted by molar-refractivity contribution is 5.82. The molecule has 2 saturated heterocycles. The summed E-state index contributed by atoms with van der Waals surface area (Å²) in [7, 11) is 0. The van der Waals surface area contributed by atoms with E-state index < -0.39 is 36.3 Å². The highest BCUT2D eigenvalue weighted by Crippen LogP contribution is 2.46. The van der Waals surface area contributed by atoms with Crippen molar-refractivity contribution in [2.24, 2.45) is 17.8 Å². The second kappa shape index (κ2) is 6.99. The molecule has 1 unspecified atom stereocenters. The SMILES string of the molecule is CC[C@H](O)[C@@H](C)C(=O)N1C[C@@H]2C(NC(=O)[C@@H]3CC[C@H](C(F)(F)F)O3)[C@@H]2C1. The number of hydrogen-bond donors (Lipinski definition) is 2. The Morgan fingerprint density at radius 3 is 2.38 bits per heavy atom. The number of likely N-dealkylation sites (tertiary alicyclic amines) is 1. The molecule has 148 valence electrons. The molecule has 2 heterocycles. The van der Waals surface area contributed by atoms with Crippen LogP contribution in [0.1, 0.15) is 33.1 Å². The molecule has 0 aromatic heterocycles. The predicted molar refractivity (Wildman–Crippen MR) is 84.9 cm³/mol. The molecule has 9 heteroatoms. The first kappa shape index (κ1) is 19.4. The molecular weight excluding hydrogens is 353 g/mol. The molecule has 6 nitrogen and oxygen atoms in total. The van der Waals surface area contributed by atoms with Gasteiger partial charge < -0.3 is 20.1 Å². The van der Waals surface area contributed by atoms with Crippen LogP contribution in [0, 0.1) is 17.8 Å². The molecule has 2 aliphatic heterocycles. The fraction of sp³-hybridized carbons (Fsp3) is 0.882. The minimum atomic E-state index is -4.44. The van der Waals surface area contributed by atoms with Crippen LogP contribution in [0.3, 0.4) is 0 Å². The van der Waals surface area contributed by atoms with E-state index in [2.05, 4.69) is 5.32 Å². The number of nitrogens with one attached hydrogen (secondary N) is 1. The van der Waals surface area contributed by atoms with Gasteiger partial charge in [0.05, 0.1) is 12.0 Å². The second-order valence-corrected chi connectivity index (χ2v) is 7.60. The minimum Gasteiger partial charge on any atom is -0.392 e. The first-order valence-electron chi connectivity index (χ1n) is 9.12. The quantitative estimate of drug-likeness (QED) is 0.750. The van der Waals surface area contributed by atoms with Crippen LogP contribution in [-0.4, -0.2) is 65.4 Å². The summed E-state index contributed by atoms with van der Waals surface area (Å²) >= 11 is 0. The van der Waals surface area contributed by atoms with Crippen LogP contribution in [0.2, 0.25) is 0 Å². The molecule has 2 amide bonds. The average Bonchev–Trinajstić information content (AvgIpc) is 3.04. The summed E-state index contributed by atoms with van der Waals surface area (Å²) < 4.78 is 42.7. The number of piperidine rings is 1. The molecule has 0 spiro atoms. The van der Waals surface area contributed by atoms with Gasteiger partial charge in [0.25, 0.3) is 0 Å². The summed E-state index contributed by atoms with van der Waals surface area (Å²) in [4.78, 5) is 26.2. The molecule has 0 aromatic rings. The van der Waals surface area contributed by atoms with Gasteiger partial charge in [0, 0.05) is 31.0 Å². The van der Waals surface area contributed by atoms with E-state index in [0.717, 1.165) is 0 Å². The van der Waals surface area contributed by atoms with Crippen LogP contribution in [0.25, 0.3) is 0 Å². The molecule has 26 heavy (non-hydrogen) atoms. The van der Waals surface area contributed by atoms with E-state index in [1.165, 1.54) is 0 Å². The average molecular weight is 378 g/mol. The number of aliphatic hydroxyl groups excluding tert-OH is 1. The van der Waals surface area contributed by atoms with Crippen molar-refractivity contribution in [3.05, 3.63) is 0 Å². The van der Waals surface area contributed by atoms with Gasteiger partial charge in [-0.25, -0.2) is 0 Å². The van der Waals surface area contributed by atoms with E-state index in [-0.39, 0.29) is 36.6 Å². The van der Waals surface area contributed by atoms with Gasteiger partial charge in [0.15, 0.2) is 6.10 Å². The van der Waals surface area contributed by atoms with Gasteiger partial charge in [-0.2, -0.15) is 13.2 Å². The van der Waals surface area contributed by atoms with Gasteiger partial charge in [-0.05, 0) is 19.3 Å². The lowest BCUT2D eigenvalue weighted by Crippen LogP contribution is -2.44. The number of halogens is 3. The molecule has 0 bridgehead atoms. The topological polar surface area (TPSA) is 78.9 Å². The number of ether oxygens (including phenoxy) is 1. The zero-order valence-corrected chi connectivity index (χ0v) is 14.8. The Morgan fingerprint density at radius 1 is 1.27 bits per heavy atom. The van der Waals surface area contributed by atoms with Gasteiger partial charge in [0.2, 0.25) is 11.8 Å². The van der Waals surface area contributed by atoms with E-state index in [0.29, 0.717) is 19.5 Å². The first-order chi connectivity index (χ1) is 12.1. The Bertz CT molecular complexity index is 559.